The molecule has 0 bridgehead atoms. The molecule has 1 aliphatic carbocycles. The summed E-state index contributed by atoms with van der Waals surface area (Å²) >= 11 is 0. The van der Waals surface area contributed by atoms with Gasteiger partial charge in [0.1, 0.15) is 0 Å². The zero-order valence-corrected chi connectivity index (χ0v) is 15.0. The molecule has 0 aromatic heterocycles. The highest BCUT2D eigenvalue weighted by atomic mass is 16.2. The van der Waals surface area contributed by atoms with E-state index >= 15 is 0 Å². The Morgan fingerprint density at radius 2 is 1.68 bits per heavy atom. The molecule has 3 atom stereocenters. The number of anilines is 1. The summed E-state index contributed by atoms with van der Waals surface area (Å²) < 4.78 is 0. The predicted molar refractivity (Wildman–Crippen MR) is 102 cm³/mol. The van der Waals surface area contributed by atoms with Gasteiger partial charge in [0.25, 0.3) is 0 Å². The molecule has 1 aliphatic heterocycles. The summed E-state index contributed by atoms with van der Waals surface area (Å²) in [5, 5.41) is 3.10. The molecule has 2 aromatic rings. The minimum absolute atomic E-state index is 0.0533. The number of likely N-dealkylation sites (tertiary alicyclic amines) is 1. The Labute approximate surface area is 150 Å². The molecular weight excluding hydrogens is 308 g/mol. The lowest BCUT2D eigenvalue weighted by atomic mass is 9.96. The number of carbonyl (C=O) groups excluding carboxylic acids is 1. The first-order valence-electron chi connectivity index (χ1n) is 9.28. The van der Waals surface area contributed by atoms with E-state index < -0.39 is 0 Å². The third-order valence-corrected chi connectivity index (χ3v) is 5.93. The van der Waals surface area contributed by atoms with E-state index in [1.54, 1.807) is 0 Å². The molecule has 2 amide bonds. The first-order chi connectivity index (χ1) is 12.1. The average Bonchev–Trinajstić information content (AvgIpc) is 3.17. The van der Waals surface area contributed by atoms with Crippen molar-refractivity contribution in [2.24, 2.45) is 11.8 Å². The number of urea groups is 1. The summed E-state index contributed by atoms with van der Waals surface area (Å²) in [5.74, 6) is 1.96. The Bertz CT molecular complexity index is 757. The first kappa shape index (κ1) is 16.2. The van der Waals surface area contributed by atoms with E-state index in [2.05, 4.69) is 48.6 Å². The normalized spacial score (nSPS) is 25.0. The van der Waals surface area contributed by atoms with Crippen LogP contribution in [0.2, 0.25) is 0 Å². The van der Waals surface area contributed by atoms with Crippen LogP contribution >= 0.6 is 0 Å². The van der Waals surface area contributed by atoms with Crippen molar-refractivity contribution in [1.82, 2.24) is 4.90 Å². The molecule has 3 nitrogen and oxygen atoms in total. The van der Waals surface area contributed by atoms with Gasteiger partial charge in [-0.2, -0.15) is 0 Å². The molecule has 2 aromatic carbocycles. The van der Waals surface area contributed by atoms with Crippen LogP contribution in [0.25, 0.3) is 0 Å². The Morgan fingerprint density at radius 1 is 1.00 bits per heavy atom. The summed E-state index contributed by atoms with van der Waals surface area (Å²) in [4.78, 5) is 14.7. The van der Waals surface area contributed by atoms with Crippen molar-refractivity contribution in [2.75, 3.05) is 18.4 Å². The van der Waals surface area contributed by atoms with Crippen molar-refractivity contribution in [3.05, 3.63) is 65.2 Å². The van der Waals surface area contributed by atoms with Crippen LogP contribution in [0.15, 0.2) is 48.5 Å². The largest absolute Gasteiger partial charge is 0.324 e. The maximum Gasteiger partial charge on any atom is 0.321 e. The Morgan fingerprint density at radius 3 is 2.32 bits per heavy atom. The van der Waals surface area contributed by atoms with E-state index in [1.165, 1.54) is 24.0 Å². The second kappa shape index (κ2) is 6.55. The maximum atomic E-state index is 12.6. The topological polar surface area (TPSA) is 32.3 Å². The van der Waals surface area contributed by atoms with Crippen molar-refractivity contribution in [1.29, 1.82) is 0 Å². The molecule has 1 saturated carbocycles. The molecular formula is C22H26N2O. The van der Waals surface area contributed by atoms with E-state index in [0.717, 1.165) is 24.3 Å². The first-order valence-corrected chi connectivity index (χ1v) is 9.28. The highest BCUT2D eigenvalue weighted by Gasteiger charge is 2.42. The molecule has 130 valence electrons. The fourth-order valence-corrected chi connectivity index (χ4v) is 4.61. The van der Waals surface area contributed by atoms with E-state index in [4.69, 9.17) is 0 Å². The van der Waals surface area contributed by atoms with Gasteiger partial charge >= 0.3 is 6.03 Å². The van der Waals surface area contributed by atoms with Gasteiger partial charge in [-0.1, -0.05) is 48.0 Å². The third-order valence-electron chi connectivity index (χ3n) is 5.93. The number of hydrogen-bond acceptors (Lipinski definition) is 1. The van der Waals surface area contributed by atoms with Crippen LogP contribution in [0.4, 0.5) is 10.5 Å². The molecule has 1 heterocycles. The zero-order chi connectivity index (χ0) is 17.4. The highest BCUT2D eigenvalue weighted by molar-refractivity contribution is 5.90. The Hall–Kier alpha value is -2.29. The number of nitrogens with one attached hydrogen (secondary N) is 1. The van der Waals surface area contributed by atoms with Crippen LogP contribution in [-0.2, 0) is 0 Å². The van der Waals surface area contributed by atoms with Crippen LogP contribution in [0.1, 0.15) is 35.4 Å². The number of carbonyl (C=O) groups is 1. The van der Waals surface area contributed by atoms with Crippen LogP contribution < -0.4 is 5.32 Å². The number of nitrogens with zero attached hydrogens (tertiary/aromatic N) is 1. The number of hydrogen-bond donors (Lipinski definition) is 1. The summed E-state index contributed by atoms with van der Waals surface area (Å²) in [5.41, 5.74) is 4.73. The summed E-state index contributed by atoms with van der Waals surface area (Å²) in [6, 6.07) is 17.1. The van der Waals surface area contributed by atoms with Gasteiger partial charge in [-0.3, -0.25) is 0 Å². The van der Waals surface area contributed by atoms with Crippen molar-refractivity contribution >= 4 is 11.7 Å². The lowest BCUT2D eigenvalue weighted by Crippen LogP contribution is -2.34. The standard InChI is InChI=1S/C22H26N2O/c1-15-8-9-21(16(2)10-15)23-22(25)24-13-19-11-18(12-20(19)14-24)17-6-4-3-5-7-17/h3-10,18-20H,11-14H2,1-2H3,(H,23,25)/t18?,19-,20+. The van der Waals surface area contributed by atoms with Crippen LogP contribution in [0, 0.1) is 25.7 Å². The van der Waals surface area contributed by atoms with Crippen LogP contribution in [0.5, 0.6) is 0 Å². The average molecular weight is 334 g/mol. The molecule has 3 heteroatoms. The number of amides is 2. The Balaban J connectivity index is 1.37. The quantitative estimate of drug-likeness (QED) is 0.827. The molecule has 2 fully saturated rings. The molecule has 1 N–H and O–H groups in total. The van der Waals surface area contributed by atoms with Crippen LogP contribution in [-0.4, -0.2) is 24.0 Å². The monoisotopic (exact) mass is 334 g/mol. The van der Waals surface area contributed by atoms with Crippen molar-refractivity contribution in [2.45, 2.75) is 32.6 Å². The molecule has 1 unspecified atom stereocenters. The molecule has 2 aliphatic rings. The molecule has 25 heavy (non-hydrogen) atoms. The van der Waals surface area contributed by atoms with Crippen molar-refractivity contribution in [3.8, 4) is 0 Å². The maximum absolute atomic E-state index is 12.6. The predicted octanol–water partition coefficient (Wildman–Crippen LogP) is 4.96. The molecule has 1 saturated heterocycles. The van der Waals surface area contributed by atoms with Crippen LogP contribution in [0.3, 0.4) is 0 Å². The SMILES string of the molecule is Cc1ccc(NC(=O)N2C[C@H]3CC(c4ccccc4)C[C@H]3C2)c(C)c1. The van der Waals surface area contributed by atoms with Gasteiger partial charge in [-0.15, -0.1) is 0 Å². The highest BCUT2D eigenvalue weighted by Crippen LogP contribution is 2.46. The number of aryl methyl sites for hydroxylation is 2. The summed E-state index contributed by atoms with van der Waals surface area (Å²) in [6.07, 6.45) is 2.42. The van der Waals surface area contributed by atoms with E-state index in [-0.39, 0.29) is 6.03 Å². The summed E-state index contributed by atoms with van der Waals surface area (Å²) in [6.45, 7) is 5.91. The smallest absolute Gasteiger partial charge is 0.321 e. The third kappa shape index (κ3) is 3.28. The molecule has 4 rings (SSSR count). The molecule has 0 radical (unpaired) electrons. The van der Waals surface area contributed by atoms with Gasteiger partial charge in [0.15, 0.2) is 0 Å². The second-order valence-corrected chi connectivity index (χ2v) is 7.75. The van der Waals surface area contributed by atoms with E-state index in [9.17, 15) is 4.79 Å². The fourth-order valence-electron chi connectivity index (χ4n) is 4.61. The second-order valence-electron chi connectivity index (χ2n) is 7.75. The summed E-state index contributed by atoms with van der Waals surface area (Å²) in [7, 11) is 0. The van der Waals surface area contributed by atoms with Gasteiger partial charge < -0.3 is 10.2 Å². The van der Waals surface area contributed by atoms with Gasteiger partial charge in [0, 0.05) is 18.8 Å². The van der Waals surface area contributed by atoms with Gasteiger partial charge in [0.2, 0.25) is 0 Å². The van der Waals surface area contributed by atoms with E-state index in [1.807, 2.05) is 24.0 Å². The number of fused-ring (bicyclic) bond motifs is 1. The Kier molecular flexibility index (Phi) is 4.24. The number of benzene rings is 2. The van der Waals surface area contributed by atoms with E-state index in [0.29, 0.717) is 17.8 Å². The lowest BCUT2D eigenvalue weighted by molar-refractivity contribution is 0.218. The number of rotatable bonds is 2. The van der Waals surface area contributed by atoms with Crippen molar-refractivity contribution in [3.63, 3.8) is 0 Å². The van der Waals surface area contributed by atoms with Gasteiger partial charge in [0.05, 0.1) is 0 Å². The van der Waals surface area contributed by atoms with Gasteiger partial charge in [-0.25, -0.2) is 4.79 Å². The minimum atomic E-state index is 0.0533. The minimum Gasteiger partial charge on any atom is -0.324 e. The zero-order valence-electron chi connectivity index (χ0n) is 15.0. The molecule has 0 spiro atoms. The van der Waals surface area contributed by atoms with Crippen molar-refractivity contribution < 1.29 is 4.79 Å². The lowest BCUT2D eigenvalue weighted by Gasteiger charge is -2.21. The fraction of sp³-hybridized carbons (Fsp3) is 0.409. The van der Waals surface area contributed by atoms with Gasteiger partial charge in [-0.05, 0) is 61.6 Å².